The molecule has 1 aliphatic heterocycles. The third kappa shape index (κ3) is 6.23. The topological polar surface area (TPSA) is 141 Å². The first-order valence-corrected chi connectivity index (χ1v) is 13.7. The van der Waals surface area contributed by atoms with Gasteiger partial charge in [0.1, 0.15) is 11.7 Å². The monoisotopic (exact) mass is 525 g/mol. The second-order valence-corrected chi connectivity index (χ2v) is 11.5. The number of sulfonamides is 1. The van der Waals surface area contributed by atoms with Gasteiger partial charge in [0.05, 0.1) is 12.6 Å². The molecule has 11 heteroatoms. The van der Waals surface area contributed by atoms with E-state index in [1.807, 2.05) is 38.1 Å². The normalized spacial score (nSPS) is 17.9. The molecule has 1 aliphatic rings. The predicted molar refractivity (Wildman–Crippen MR) is 138 cm³/mol. The average molecular weight is 526 g/mol. The molecule has 1 unspecified atom stereocenters. The number of hydrogen-bond acceptors (Lipinski definition) is 6. The van der Waals surface area contributed by atoms with E-state index < -0.39 is 39.7 Å². The Kier molecular flexibility index (Phi) is 8.03. The van der Waals surface area contributed by atoms with Gasteiger partial charge in [-0.25, -0.2) is 13.4 Å². The fraction of sp³-hybridized carbons (Fsp3) is 0.385. The van der Waals surface area contributed by atoms with Crippen LogP contribution in [0.4, 0.5) is 0 Å². The number of aromatic nitrogens is 2. The van der Waals surface area contributed by atoms with E-state index in [2.05, 4.69) is 20.6 Å². The molecule has 0 bridgehead atoms. The van der Waals surface area contributed by atoms with Gasteiger partial charge in [0.15, 0.2) is 10.8 Å². The lowest BCUT2D eigenvalue weighted by molar-refractivity contribution is -0.129. The maximum atomic E-state index is 13.2. The van der Waals surface area contributed by atoms with E-state index in [0.717, 1.165) is 15.2 Å². The SMILES string of the molecule is CC(C)C[C@H](NC(=O)c1cc2ccccc2[nH]1)C(=O)NC1CCCN(S(=O)(=O)c2ccccn2)CC1=O. The minimum Gasteiger partial charge on any atom is -0.351 e. The highest BCUT2D eigenvalue weighted by Crippen LogP contribution is 2.19. The molecule has 196 valence electrons. The molecule has 3 N–H and O–H groups in total. The van der Waals surface area contributed by atoms with Gasteiger partial charge < -0.3 is 15.6 Å². The number of nitrogens with one attached hydrogen (secondary N) is 3. The Hall–Kier alpha value is -3.57. The summed E-state index contributed by atoms with van der Waals surface area (Å²) in [6.45, 7) is 3.66. The number of fused-ring (bicyclic) bond motifs is 1. The van der Waals surface area contributed by atoms with Crippen LogP contribution in [-0.2, 0) is 19.6 Å². The average Bonchev–Trinajstić information content (AvgIpc) is 3.23. The number of nitrogens with zero attached hydrogens (tertiary/aromatic N) is 2. The number of benzene rings is 1. The summed E-state index contributed by atoms with van der Waals surface area (Å²) in [6, 6.07) is 12.1. The van der Waals surface area contributed by atoms with Crippen molar-refractivity contribution >= 4 is 38.5 Å². The fourth-order valence-corrected chi connectivity index (χ4v) is 5.77. The molecule has 4 rings (SSSR count). The number of amides is 2. The van der Waals surface area contributed by atoms with E-state index in [1.165, 1.54) is 12.3 Å². The van der Waals surface area contributed by atoms with Gasteiger partial charge in [0.25, 0.3) is 15.9 Å². The van der Waals surface area contributed by atoms with E-state index in [9.17, 15) is 22.8 Å². The summed E-state index contributed by atoms with van der Waals surface area (Å²) in [4.78, 5) is 46.1. The Morgan fingerprint density at radius 1 is 1.16 bits per heavy atom. The molecule has 10 nitrogen and oxygen atoms in total. The molecular weight excluding hydrogens is 494 g/mol. The molecule has 0 radical (unpaired) electrons. The lowest BCUT2D eigenvalue weighted by Gasteiger charge is -2.23. The van der Waals surface area contributed by atoms with Crippen LogP contribution < -0.4 is 10.6 Å². The summed E-state index contributed by atoms with van der Waals surface area (Å²) in [5.74, 6) is -1.20. The van der Waals surface area contributed by atoms with Crippen molar-refractivity contribution in [1.82, 2.24) is 24.9 Å². The number of carbonyl (C=O) groups excluding carboxylic acids is 3. The zero-order valence-corrected chi connectivity index (χ0v) is 21.6. The van der Waals surface area contributed by atoms with E-state index >= 15 is 0 Å². The summed E-state index contributed by atoms with van der Waals surface area (Å²) in [7, 11) is -3.93. The lowest BCUT2D eigenvalue weighted by atomic mass is 10.0. The van der Waals surface area contributed by atoms with Crippen LogP contribution >= 0.6 is 0 Å². The maximum Gasteiger partial charge on any atom is 0.268 e. The van der Waals surface area contributed by atoms with Gasteiger partial charge in [-0.05, 0) is 49.4 Å². The maximum absolute atomic E-state index is 13.2. The van der Waals surface area contributed by atoms with Crippen molar-refractivity contribution in [2.24, 2.45) is 5.92 Å². The van der Waals surface area contributed by atoms with Crippen molar-refractivity contribution in [2.75, 3.05) is 13.1 Å². The Bertz CT molecular complexity index is 1350. The van der Waals surface area contributed by atoms with Crippen molar-refractivity contribution < 1.29 is 22.8 Å². The number of H-pyrrole nitrogens is 1. The van der Waals surface area contributed by atoms with Crippen LogP contribution in [0.2, 0.25) is 0 Å². The van der Waals surface area contributed by atoms with Gasteiger partial charge in [-0.1, -0.05) is 38.1 Å². The van der Waals surface area contributed by atoms with Crippen LogP contribution in [0.25, 0.3) is 10.9 Å². The second kappa shape index (κ2) is 11.2. The van der Waals surface area contributed by atoms with Crippen LogP contribution in [0.5, 0.6) is 0 Å². The van der Waals surface area contributed by atoms with E-state index in [-0.39, 0.29) is 24.0 Å². The molecular formula is C26H31N5O5S. The van der Waals surface area contributed by atoms with Crippen LogP contribution in [0.15, 0.2) is 59.8 Å². The molecule has 1 saturated heterocycles. The van der Waals surface area contributed by atoms with Gasteiger partial charge in [-0.2, -0.15) is 4.31 Å². The minimum atomic E-state index is -3.93. The van der Waals surface area contributed by atoms with Crippen molar-refractivity contribution in [3.8, 4) is 0 Å². The Labute approximate surface area is 215 Å². The summed E-state index contributed by atoms with van der Waals surface area (Å²) < 4.78 is 27.0. The first-order valence-electron chi connectivity index (χ1n) is 12.3. The Morgan fingerprint density at radius 2 is 1.92 bits per heavy atom. The summed E-state index contributed by atoms with van der Waals surface area (Å²) in [5.41, 5.74) is 1.15. The molecule has 0 spiro atoms. The van der Waals surface area contributed by atoms with Crippen LogP contribution in [0, 0.1) is 5.92 Å². The molecule has 0 aliphatic carbocycles. The standard InChI is InChI=1S/C26H31N5O5S/c1-17(2)14-21(30-26(34)22-15-18-8-3-4-9-19(18)28-22)25(33)29-20-10-7-13-31(16-23(20)32)37(35,36)24-11-5-6-12-27-24/h3-6,8-9,11-12,15,17,20-21,28H,7,10,13-14,16H2,1-2H3,(H,29,33)(H,30,34)/t20?,21-/m0/s1. The van der Waals surface area contributed by atoms with Crippen LogP contribution in [0.1, 0.15) is 43.6 Å². The van der Waals surface area contributed by atoms with Crippen molar-refractivity contribution in [2.45, 2.75) is 50.2 Å². The van der Waals surface area contributed by atoms with Crippen molar-refractivity contribution in [3.05, 3.63) is 60.4 Å². The van der Waals surface area contributed by atoms with Crippen LogP contribution in [0.3, 0.4) is 0 Å². The first-order chi connectivity index (χ1) is 17.6. The quantitative estimate of drug-likeness (QED) is 0.412. The Balaban J connectivity index is 1.44. The summed E-state index contributed by atoms with van der Waals surface area (Å²) >= 11 is 0. The highest BCUT2D eigenvalue weighted by Gasteiger charge is 2.35. The minimum absolute atomic E-state index is 0.0996. The van der Waals surface area contributed by atoms with Crippen molar-refractivity contribution in [3.63, 3.8) is 0 Å². The van der Waals surface area contributed by atoms with E-state index in [1.54, 1.807) is 18.2 Å². The molecule has 3 aromatic rings. The zero-order chi connectivity index (χ0) is 26.6. The predicted octanol–water partition coefficient (Wildman–Crippen LogP) is 2.25. The largest absolute Gasteiger partial charge is 0.351 e. The Morgan fingerprint density at radius 3 is 2.62 bits per heavy atom. The van der Waals surface area contributed by atoms with Gasteiger partial charge >= 0.3 is 0 Å². The third-order valence-electron chi connectivity index (χ3n) is 6.28. The molecule has 2 atom stereocenters. The fourth-order valence-electron chi connectivity index (χ4n) is 4.39. The second-order valence-electron chi connectivity index (χ2n) is 9.60. The number of hydrogen-bond donors (Lipinski definition) is 3. The van der Waals surface area contributed by atoms with Gasteiger partial charge in [-0.15, -0.1) is 0 Å². The smallest absolute Gasteiger partial charge is 0.268 e. The lowest BCUT2D eigenvalue weighted by Crippen LogP contribution is -2.52. The summed E-state index contributed by atoms with van der Waals surface area (Å²) in [5, 5.41) is 6.31. The number of aromatic amines is 1. The van der Waals surface area contributed by atoms with Gasteiger partial charge in [0, 0.05) is 23.6 Å². The zero-order valence-electron chi connectivity index (χ0n) is 20.8. The highest BCUT2D eigenvalue weighted by molar-refractivity contribution is 7.89. The molecule has 2 aromatic heterocycles. The number of pyridine rings is 1. The molecule has 3 heterocycles. The highest BCUT2D eigenvalue weighted by atomic mass is 32.2. The first kappa shape index (κ1) is 26.5. The van der Waals surface area contributed by atoms with E-state index in [4.69, 9.17) is 0 Å². The molecule has 37 heavy (non-hydrogen) atoms. The number of Topliss-reactive ketones (excluding diaryl/α,β-unsaturated/α-hetero) is 1. The summed E-state index contributed by atoms with van der Waals surface area (Å²) in [6.07, 6.45) is 2.44. The molecule has 2 amide bonds. The van der Waals surface area contributed by atoms with Crippen LogP contribution in [-0.4, -0.2) is 65.5 Å². The number of ketones is 1. The van der Waals surface area contributed by atoms with Gasteiger partial charge in [-0.3, -0.25) is 14.4 Å². The number of carbonyl (C=O) groups is 3. The number of rotatable bonds is 8. The molecule has 1 fully saturated rings. The van der Waals surface area contributed by atoms with Crippen molar-refractivity contribution in [1.29, 1.82) is 0 Å². The number of para-hydroxylation sites is 1. The van der Waals surface area contributed by atoms with E-state index in [0.29, 0.717) is 25.0 Å². The molecule has 0 saturated carbocycles. The third-order valence-corrected chi connectivity index (χ3v) is 8.04. The molecule has 1 aromatic carbocycles. The van der Waals surface area contributed by atoms with Gasteiger partial charge in [0.2, 0.25) is 5.91 Å².